The molecule has 25 heavy (non-hydrogen) atoms. The Kier molecular flexibility index (Phi) is 3.06. The maximum atomic E-state index is 13.0. The van der Waals surface area contributed by atoms with Gasteiger partial charge in [0.25, 0.3) is 10.0 Å². The molecule has 2 aromatic carbocycles. The summed E-state index contributed by atoms with van der Waals surface area (Å²) in [7, 11) is -4.01. The number of aromatic nitrogens is 2. The SMILES string of the molecule is O=c1[nH]c2ccc(S(=O)(=O)Nc3ccc4c(c3)OC(F)(F)O4)cc2[nH]1. The molecule has 130 valence electrons. The van der Waals surface area contributed by atoms with Crippen LogP contribution >= 0.6 is 0 Å². The maximum Gasteiger partial charge on any atom is 0.586 e. The smallest absolute Gasteiger partial charge is 0.395 e. The van der Waals surface area contributed by atoms with Gasteiger partial charge in [-0.25, -0.2) is 13.2 Å². The number of sulfonamides is 1. The summed E-state index contributed by atoms with van der Waals surface area (Å²) < 4.78 is 61.7. The zero-order valence-corrected chi connectivity index (χ0v) is 13.0. The van der Waals surface area contributed by atoms with Crippen LogP contribution in [-0.2, 0) is 10.0 Å². The first-order chi connectivity index (χ1) is 11.7. The summed E-state index contributed by atoms with van der Waals surface area (Å²) in [5, 5.41) is 0. The van der Waals surface area contributed by atoms with Crippen molar-refractivity contribution in [3.05, 3.63) is 46.9 Å². The number of imidazole rings is 1. The zero-order chi connectivity index (χ0) is 17.8. The number of hydrogen-bond donors (Lipinski definition) is 3. The van der Waals surface area contributed by atoms with E-state index in [0.29, 0.717) is 11.0 Å². The molecule has 0 radical (unpaired) electrons. The number of H-pyrrole nitrogens is 2. The van der Waals surface area contributed by atoms with Gasteiger partial charge in [0.05, 0.1) is 21.6 Å². The van der Waals surface area contributed by atoms with Crippen molar-refractivity contribution < 1.29 is 26.7 Å². The lowest BCUT2D eigenvalue weighted by atomic mass is 10.3. The lowest BCUT2D eigenvalue weighted by molar-refractivity contribution is -0.286. The molecule has 0 aliphatic carbocycles. The number of halogens is 2. The van der Waals surface area contributed by atoms with Gasteiger partial charge in [-0.1, -0.05) is 0 Å². The van der Waals surface area contributed by atoms with Crippen molar-refractivity contribution in [1.29, 1.82) is 0 Å². The Bertz CT molecular complexity index is 1150. The summed E-state index contributed by atoms with van der Waals surface area (Å²) in [6.07, 6.45) is -3.79. The second-order valence-electron chi connectivity index (χ2n) is 5.22. The van der Waals surface area contributed by atoms with Crippen molar-refractivity contribution in [2.75, 3.05) is 4.72 Å². The molecule has 1 aromatic heterocycles. The van der Waals surface area contributed by atoms with E-state index in [-0.39, 0.29) is 22.1 Å². The average molecular weight is 369 g/mol. The maximum absolute atomic E-state index is 13.0. The van der Waals surface area contributed by atoms with Crippen LogP contribution in [-0.4, -0.2) is 24.7 Å². The van der Waals surface area contributed by atoms with Crippen LogP contribution in [0.2, 0.25) is 0 Å². The highest BCUT2D eigenvalue weighted by atomic mass is 32.2. The van der Waals surface area contributed by atoms with Crippen LogP contribution < -0.4 is 19.9 Å². The molecule has 0 unspecified atom stereocenters. The van der Waals surface area contributed by atoms with Crippen molar-refractivity contribution >= 4 is 26.7 Å². The van der Waals surface area contributed by atoms with Gasteiger partial charge in [-0.15, -0.1) is 8.78 Å². The highest BCUT2D eigenvalue weighted by Gasteiger charge is 2.43. The fourth-order valence-electron chi connectivity index (χ4n) is 2.41. The molecule has 0 atom stereocenters. The summed E-state index contributed by atoms with van der Waals surface area (Å²) in [5.41, 5.74) is 0.324. The molecule has 2 heterocycles. The summed E-state index contributed by atoms with van der Waals surface area (Å²) in [6, 6.07) is 7.53. The molecular formula is C14H9F2N3O5S. The van der Waals surface area contributed by atoms with E-state index in [1.807, 2.05) is 0 Å². The number of aromatic amines is 2. The highest BCUT2D eigenvalue weighted by molar-refractivity contribution is 7.92. The molecule has 3 aromatic rings. The monoisotopic (exact) mass is 369 g/mol. The topological polar surface area (TPSA) is 113 Å². The number of rotatable bonds is 3. The number of benzene rings is 2. The molecule has 4 rings (SSSR count). The van der Waals surface area contributed by atoms with Gasteiger partial charge in [0.15, 0.2) is 11.5 Å². The number of fused-ring (bicyclic) bond motifs is 2. The van der Waals surface area contributed by atoms with Gasteiger partial charge in [-0.3, -0.25) is 4.72 Å². The second-order valence-corrected chi connectivity index (χ2v) is 6.90. The van der Waals surface area contributed by atoms with E-state index in [1.165, 1.54) is 30.3 Å². The van der Waals surface area contributed by atoms with Gasteiger partial charge >= 0.3 is 12.0 Å². The standard InChI is InChI=1S/C14H9F2N3O5S/c15-14(16)23-11-4-1-7(5-12(11)24-14)19-25(21,22)8-2-3-9-10(6-8)18-13(20)17-9/h1-6,19H,(H2,17,18,20). The van der Waals surface area contributed by atoms with Crippen LogP contribution in [0.25, 0.3) is 11.0 Å². The number of anilines is 1. The first-order valence-electron chi connectivity index (χ1n) is 6.87. The van der Waals surface area contributed by atoms with E-state index in [1.54, 1.807) is 0 Å². The van der Waals surface area contributed by atoms with Crippen molar-refractivity contribution in [2.24, 2.45) is 0 Å². The van der Waals surface area contributed by atoms with Crippen molar-refractivity contribution in [3.63, 3.8) is 0 Å². The highest BCUT2D eigenvalue weighted by Crippen LogP contribution is 2.42. The summed E-state index contributed by atoms with van der Waals surface area (Å²) >= 11 is 0. The first kappa shape index (κ1) is 15.4. The number of ether oxygens (including phenoxy) is 2. The minimum atomic E-state index is -4.01. The lowest BCUT2D eigenvalue weighted by Crippen LogP contribution is -2.25. The molecule has 0 amide bonds. The Morgan fingerprint density at radius 1 is 0.960 bits per heavy atom. The van der Waals surface area contributed by atoms with Gasteiger partial charge in [-0.2, -0.15) is 0 Å². The predicted molar refractivity (Wildman–Crippen MR) is 82.4 cm³/mol. The lowest BCUT2D eigenvalue weighted by Gasteiger charge is -2.08. The van der Waals surface area contributed by atoms with E-state index in [2.05, 4.69) is 24.2 Å². The molecule has 8 nitrogen and oxygen atoms in total. The van der Waals surface area contributed by atoms with Crippen LogP contribution in [0.3, 0.4) is 0 Å². The molecule has 0 bridgehead atoms. The number of alkyl halides is 2. The summed E-state index contributed by atoms with van der Waals surface area (Å²) in [4.78, 5) is 16.1. The molecule has 0 saturated carbocycles. The van der Waals surface area contributed by atoms with Gasteiger partial charge < -0.3 is 19.4 Å². The fraction of sp³-hybridized carbons (Fsp3) is 0.0714. The summed E-state index contributed by atoms with van der Waals surface area (Å²) in [5.74, 6) is -0.477. The second kappa shape index (κ2) is 4.96. The third kappa shape index (κ3) is 2.78. The molecule has 3 N–H and O–H groups in total. The Morgan fingerprint density at radius 2 is 1.68 bits per heavy atom. The Morgan fingerprint density at radius 3 is 2.48 bits per heavy atom. The number of nitrogens with one attached hydrogen (secondary N) is 3. The van der Waals surface area contributed by atoms with E-state index in [0.717, 1.165) is 6.07 Å². The normalized spacial score (nSPS) is 15.4. The van der Waals surface area contributed by atoms with Crippen LogP contribution in [0.5, 0.6) is 11.5 Å². The zero-order valence-electron chi connectivity index (χ0n) is 12.2. The molecule has 1 aliphatic heterocycles. The molecule has 0 spiro atoms. The third-order valence-electron chi connectivity index (χ3n) is 3.45. The van der Waals surface area contributed by atoms with Crippen LogP contribution in [0.15, 0.2) is 46.1 Å². The molecule has 1 aliphatic rings. The van der Waals surface area contributed by atoms with Gasteiger partial charge in [-0.05, 0) is 30.3 Å². The van der Waals surface area contributed by atoms with Crippen molar-refractivity contribution in [1.82, 2.24) is 9.97 Å². The Balaban J connectivity index is 1.66. The number of hydrogen-bond acceptors (Lipinski definition) is 5. The van der Waals surface area contributed by atoms with Gasteiger partial charge in [0, 0.05) is 6.07 Å². The molecule has 11 heteroatoms. The minimum Gasteiger partial charge on any atom is -0.395 e. The van der Waals surface area contributed by atoms with E-state index < -0.39 is 22.0 Å². The Labute approximate surface area is 138 Å². The molecule has 0 fully saturated rings. The predicted octanol–water partition coefficient (Wildman–Crippen LogP) is 1.98. The van der Waals surface area contributed by atoms with Crippen molar-refractivity contribution in [2.45, 2.75) is 11.2 Å². The third-order valence-corrected chi connectivity index (χ3v) is 4.83. The van der Waals surface area contributed by atoms with Crippen LogP contribution in [0.4, 0.5) is 14.5 Å². The van der Waals surface area contributed by atoms with E-state index in [9.17, 15) is 22.0 Å². The quantitative estimate of drug-likeness (QED) is 0.653. The Hall–Kier alpha value is -3.08. The molecular weight excluding hydrogens is 360 g/mol. The van der Waals surface area contributed by atoms with Crippen LogP contribution in [0.1, 0.15) is 0 Å². The van der Waals surface area contributed by atoms with Crippen LogP contribution in [0, 0.1) is 0 Å². The molecule has 0 saturated heterocycles. The minimum absolute atomic E-state index is 0.0164. The fourth-order valence-corrected chi connectivity index (χ4v) is 3.48. The largest absolute Gasteiger partial charge is 0.586 e. The first-order valence-corrected chi connectivity index (χ1v) is 8.35. The average Bonchev–Trinajstić information content (AvgIpc) is 3.02. The van der Waals surface area contributed by atoms with Gasteiger partial charge in [0.2, 0.25) is 0 Å². The van der Waals surface area contributed by atoms with Gasteiger partial charge in [0.1, 0.15) is 0 Å². The van der Waals surface area contributed by atoms with Crippen molar-refractivity contribution in [3.8, 4) is 11.5 Å². The van der Waals surface area contributed by atoms with E-state index >= 15 is 0 Å². The van der Waals surface area contributed by atoms with E-state index in [4.69, 9.17) is 0 Å². The summed E-state index contributed by atoms with van der Waals surface area (Å²) in [6.45, 7) is 0.